The molecule has 2 N–H and O–H groups in total. The van der Waals surface area contributed by atoms with Crippen molar-refractivity contribution in [1.82, 2.24) is 0 Å². The molecule has 1 rings (SSSR count). The molecule has 6 nitrogen and oxygen atoms in total. The highest BCUT2D eigenvalue weighted by Crippen LogP contribution is 2.28. The van der Waals surface area contributed by atoms with Crippen molar-refractivity contribution in [2.24, 2.45) is 0 Å². The van der Waals surface area contributed by atoms with Crippen molar-refractivity contribution in [2.45, 2.75) is 90.6 Å². The lowest BCUT2D eigenvalue weighted by atomic mass is 9.98. The third-order valence-electron chi connectivity index (χ3n) is 3.06. The van der Waals surface area contributed by atoms with Gasteiger partial charge in [0.05, 0.1) is 24.9 Å². The molecule has 0 radical (unpaired) electrons. The van der Waals surface area contributed by atoms with Crippen molar-refractivity contribution in [3.05, 3.63) is 0 Å². The third kappa shape index (κ3) is 5.47. The summed E-state index contributed by atoms with van der Waals surface area (Å²) in [5, 5.41) is 20.1. The van der Waals surface area contributed by atoms with Gasteiger partial charge in [-0.05, 0) is 41.5 Å². The van der Waals surface area contributed by atoms with Gasteiger partial charge in [-0.1, -0.05) is 0 Å². The maximum atomic E-state index is 10.6. The van der Waals surface area contributed by atoms with E-state index < -0.39 is 30.7 Å². The highest BCUT2D eigenvalue weighted by molar-refractivity contribution is 4.92. The molecule has 5 atom stereocenters. The highest BCUT2D eigenvalue weighted by atomic mass is 16.7. The minimum atomic E-state index is -0.926. The molecule has 0 aliphatic carbocycles. The quantitative estimate of drug-likeness (QED) is 0.733. The van der Waals surface area contributed by atoms with Gasteiger partial charge in [0.25, 0.3) is 0 Å². The van der Waals surface area contributed by atoms with E-state index in [0.29, 0.717) is 0 Å². The first-order chi connectivity index (χ1) is 9.76. The summed E-state index contributed by atoms with van der Waals surface area (Å²) in [6.07, 6.45) is -3.86. The normalized spacial score (nSPS) is 34.1. The molecule has 0 aromatic rings. The summed E-state index contributed by atoms with van der Waals surface area (Å²) in [6.45, 7) is 11.0. The van der Waals surface area contributed by atoms with E-state index in [2.05, 4.69) is 0 Å². The lowest BCUT2D eigenvalue weighted by Crippen LogP contribution is -2.62. The smallest absolute Gasteiger partial charge is 0.187 e. The van der Waals surface area contributed by atoms with Gasteiger partial charge in [0, 0.05) is 0 Å². The zero-order chi connectivity index (χ0) is 16.2. The minimum Gasteiger partial charge on any atom is -0.394 e. The Morgan fingerprint density at radius 2 is 1.33 bits per heavy atom. The van der Waals surface area contributed by atoms with Gasteiger partial charge in [-0.25, -0.2) is 0 Å². The number of hydrogen-bond donors (Lipinski definition) is 2. The second kappa shape index (κ2) is 8.41. The summed E-state index contributed by atoms with van der Waals surface area (Å²) < 4.78 is 22.9. The SMILES string of the molecule is CC(C)OC1OC(CO)C(OC(C)C)C(O)C1OC(C)C. The summed E-state index contributed by atoms with van der Waals surface area (Å²) in [5.74, 6) is 0. The number of aliphatic hydroxyl groups excluding tert-OH is 2. The molecule has 0 aromatic carbocycles. The van der Waals surface area contributed by atoms with Crippen molar-refractivity contribution < 1.29 is 29.2 Å². The Kier molecular flexibility index (Phi) is 7.53. The van der Waals surface area contributed by atoms with Crippen molar-refractivity contribution in [1.29, 1.82) is 0 Å². The molecule has 1 fully saturated rings. The van der Waals surface area contributed by atoms with Gasteiger partial charge >= 0.3 is 0 Å². The predicted octanol–water partition coefficient (Wildman–Crippen LogP) is 1.08. The molecule has 126 valence electrons. The average Bonchev–Trinajstić information content (AvgIpc) is 2.35. The van der Waals surface area contributed by atoms with Gasteiger partial charge in [0.15, 0.2) is 6.29 Å². The van der Waals surface area contributed by atoms with E-state index in [-0.39, 0.29) is 24.9 Å². The molecule has 21 heavy (non-hydrogen) atoms. The summed E-state index contributed by atoms with van der Waals surface area (Å²) in [5.41, 5.74) is 0. The van der Waals surface area contributed by atoms with Crippen LogP contribution in [0.1, 0.15) is 41.5 Å². The minimum absolute atomic E-state index is 0.0811. The molecule has 0 saturated carbocycles. The third-order valence-corrected chi connectivity index (χ3v) is 3.06. The molecule has 1 saturated heterocycles. The Balaban J connectivity index is 2.91. The van der Waals surface area contributed by atoms with Gasteiger partial charge < -0.3 is 29.2 Å². The molecular formula is C15H30O6. The fraction of sp³-hybridized carbons (Fsp3) is 1.00. The van der Waals surface area contributed by atoms with Gasteiger partial charge in [-0.2, -0.15) is 0 Å². The van der Waals surface area contributed by atoms with E-state index in [4.69, 9.17) is 18.9 Å². The summed E-state index contributed by atoms with van der Waals surface area (Å²) >= 11 is 0. The van der Waals surface area contributed by atoms with Crippen LogP contribution in [0.2, 0.25) is 0 Å². The fourth-order valence-corrected chi connectivity index (χ4v) is 2.36. The Morgan fingerprint density at radius 1 is 0.857 bits per heavy atom. The number of rotatable bonds is 7. The van der Waals surface area contributed by atoms with Gasteiger partial charge in [-0.3, -0.25) is 0 Å². The zero-order valence-electron chi connectivity index (χ0n) is 13.9. The predicted molar refractivity (Wildman–Crippen MR) is 78.0 cm³/mol. The van der Waals surface area contributed by atoms with Crippen molar-refractivity contribution in [3.63, 3.8) is 0 Å². The van der Waals surface area contributed by atoms with E-state index >= 15 is 0 Å². The van der Waals surface area contributed by atoms with Crippen LogP contribution in [0.3, 0.4) is 0 Å². The van der Waals surface area contributed by atoms with E-state index in [1.165, 1.54) is 0 Å². The van der Waals surface area contributed by atoms with Gasteiger partial charge in [-0.15, -0.1) is 0 Å². The van der Waals surface area contributed by atoms with E-state index in [1.807, 2.05) is 41.5 Å². The topological polar surface area (TPSA) is 77.4 Å². The second-order valence-corrected chi connectivity index (χ2v) is 6.20. The first-order valence-electron chi connectivity index (χ1n) is 7.67. The Labute approximate surface area is 127 Å². The monoisotopic (exact) mass is 306 g/mol. The second-order valence-electron chi connectivity index (χ2n) is 6.20. The molecule has 0 aromatic heterocycles. The highest BCUT2D eigenvalue weighted by Gasteiger charge is 2.47. The van der Waals surface area contributed by atoms with Crippen LogP contribution in [-0.2, 0) is 18.9 Å². The lowest BCUT2D eigenvalue weighted by Gasteiger charge is -2.45. The first-order valence-corrected chi connectivity index (χ1v) is 7.67. The standard InChI is InChI=1S/C15H30O6/c1-8(2)18-13-11(7-16)21-15(20-10(5)6)14(12(13)17)19-9(3)4/h8-17H,7H2,1-6H3. The Morgan fingerprint density at radius 3 is 1.76 bits per heavy atom. The van der Waals surface area contributed by atoms with E-state index in [9.17, 15) is 10.2 Å². The summed E-state index contributed by atoms with van der Waals surface area (Å²) in [6, 6.07) is 0. The first kappa shape index (κ1) is 18.8. The molecule has 6 heteroatoms. The maximum absolute atomic E-state index is 10.6. The molecule has 1 heterocycles. The van der Waals surface area contributed by atoms with Crippen LogP contribution in [0.5, 0.6) is 0 Å². The molecule has 0 bridgehead atoms. The summed E-state index contributed by atoms with van der Waals surface area (Å²) in [7, 11) is 0. The Hall–Kier alpha value is -0.240. The van der Waals surface area contributed by atoms with Crippen LogP contribution in [0.4, 0.5) is 0 Å². The molecule has 1 aliphatic rings. The van der Waals surface area contributed by atoms with Crippen LogP contribution in [0, 0.1) is 0 Å². The fourth-order valence-electron chi connectivity index (χ4n) is 2.36. The van der Waals surface area contributed by atoms with Crippen LogP contribution in [-0.4, -0.2) is 65.8 Å². The molecule has 0 spiro atoms. The van der Waals surface area contributed by atoms with Gasteiger partial charge in [0.1, 0.15) is 24.4 Å². The van der Waals surface area contributed by atoms with Crippen molar-refractivity contribution in [3.8, 4) is 0 Å². The van der Waals surface area contributed by atoms with Crippen LogP contribution >= 0.6 is 0 Å². The van der Waals surface area contributed by atoms with E-state index in [0.717, 1.165) is 0 Å². The van der Waals surface area contributed by atoms with Crippen molar-refractivity contribution >= 4 is 0 Å². The maximum Gasteiger partial charge on any atom is 0.187 e. The molecule has 1 aliphatic heterocycles. The average molecular weight is 306 g/mol. The molecule has 0 amide bonds. The van der Waals surface area contributed by atoms with Crippen molar-refractivity contribution in [2.75, 3.05) is 6.61 Å². The van der Waals surface area contributed by atoms with Gasteiger partial charge in [0.2, 0.25) is 0 Å². The van der Waals surface area contributed by atoms with Crippen LogP contribution < -0.4 is 0 Å². The number of aliphatic hydroxyl groups is 2. The largest absolute Gasteiger partial charge is 0.394 e. The summed E-state index contributed by atoms with van der Waals surface area (Å²) in [4.78, 5) is 0. The molecular weight excluding hydrogens is 276 g/mol. The van der Waals surface area contributed by atoms with E-state index in [1.54, 1.807) is 0 Å². The lowest BCUT2D eigenvalue weighted by molar-refractivity contribution is -0.329. The van der Waals surface area contributed by atoms with Crippen LogP contribution in [0.15, 0.2) is 0 Å². The molecule has 5 unspecified atom stereocenters. The zero-order valence-corrected chi connectivity index (χ0v) is 13.9. The van der Waals surface area contributed by atoms with Crippen LogP contribution in [0.25, 0.3) is 0 Å². The number of ether oxygens (including phenoxy) is 4. The Bertz CT molecular complexity index is 294. The number of hydrogen-bond acceptors (Lipinski definition) is 6.